The minimum Gasteiger partial charge on any atom is -0.451 e. The van der Waals surface area contributed by atoms with Crippen LogP contribution in [0.25, 0.3) is 0 Å². The zero-order valence-corrected chi connectivity index (χ0v) is 15.6. The molecule has 1 aromatic carbocycles. The van der Waals surface area contributed by atoms with Gasteiger partial charge in [-0.1, -0.05) is 45.4 Å². The molecule has 1 heterocycles. The molecule has 0 N–H and O–H groups in total. The van der Waals surface area contributed by atoms with Crippen molar-refractivity contribution in [3.63, 3.8) is 0 Å². The lowest BCUT2D eigenvalue weighted by atomic mass is 10.2. The van der Waals surface area contributed by atoms with Gasteiger partial charge in [0.15, 0.2) is 8.32 Å². The maximum Gasteiger partial charge on any atom is 0.206 e. The lowest BCUT2D eigenvalue weighted by molar-refractivity contribution is 0.492. The van der Waals surface area contributed by atoms with Gasteiger partial charge in [0.05, 0.1) is 0 Å². The molecule has 0 unspecified atom stereocenters. The Bertz CT molecular complexity index is 475. The lowest BCUT2D eigenvalue weighted by Gasteiger charge is -2.49. The number of halogens is 1. The molecule has 0 fully saturated rings. The van der Waals surface area contributed by atoms with Crippen LogP contribution >= 0.6 is 11.6 Å². The summed E-state index contributed by atoms with van der Waals surface area (Å²) < 4.78 is 6.88. The Morgan fingerprint density at radius 2 is 1.68 bits per heavy atom. The second-order valence-electron chi connectivity index (χ2n) is 6.85. The average molecular weight is 313 g/mol. The molecule has 0 bridgehead atoms. The summed E-state index contributed by atoms with van der Waals surface area (Å²) in [7, 11) is -3.55. The molecule has 0 radical (unpaired) electrons. The first-order valence-electron chi connectivity index (χ1n) is 7.18. The van der Waals surface area contributed by atoms with Gasteiger partial charge in [-0.3, -0.25) is 0 Å². The number of hydrogen-bond donors (Lipinski definition) is 0. The lowest BCUT2D eigenvalue weighted by Crippen LogP contribution is -2.64. The highest BCUT2D eigenvalue weighted by Crippen LogP contribution is 2.41. The quantitative estimate of drug-likeness (QED) is 0.723. The topological polar surface area (TPSA) is 9.23 Å². The molecular formula is C15H25ClOSi2. The average Bonchev–Trinajstić information content (AvgIpc) is 2.28. The Labute approximate surface area is 124 Å². The predicted octanol–water partition coefficient (Wildman–Crippen LogP) is 4.63. The fraction of sp³-hybridized carbons (Fsp3) is 0.600. The van der Waals surface area contributed by atoms with E-state index >= 15 is 0 Å². The molecule has 0 atom stereocenters. The third-order valence-corrected chi connectivity index (χ3v) is 15.0. The third-order valence-electron chi connectivity index (χ3n) is 4.59. The van der Waals surface area contributed by atoms with Gasteiger partial charge < -0.3 is 4.12 Å². The normalized spacial score (nSPS) is 20.7. The number of rotatable bonds is 2. The molecule has 4 heteroatoms. The second-order valence-corrected chi connectivity index (χ2v) is 16.2. The summed E-state index contributed by atoms with van der Waals surface area (Å²) in [5.41, 5.74) is 2.81. The van der Waals surface area contributed by atoms with E-state index in [9.17, 15) is 0 Å². The minimum atomic E-state index is -1.83. The Kier molecular flexibility index (Phi) is 4.05. The fourth-order valence-electron chi connectivity index (χ4n) is 3.44. The standard InChI is InChI=1S/C15H25ClOSi2/c1-11(2)19(12(3)4)10-13-7-8-14(16)9-15(13)18(5,6)17-19/h7-9,11-12H,10H2,1-6H3. The second kappa shape index (κ2) is 5.03. The van der Waals surface area contributed by atoms with Gasteiger partial charge in [-0.25, -0.2) is 0 Å². The van der Waals surface area contributed by atoms with Crippen LogP contribution in [0.2, 0.25) is 29.2 Å². The third kappa shape index (κ3) is 2.58. The van der Waals surface area contributed by atoms with Crippen LogP contribution in [0.4, 0.5) is 0 Å². The Balaban J connectivity index is 2.56. The molecule has 1 nitrogen and oxygen atoms in total. The molecule has 1 aliphatic rings. The van der Waals surface area contributed by atoms with Gasteiger partial charge in [0.2, 0.25) is 8.32 Å². The largest absolute Gasteiger partial charge is 0.451 e. The molecule has 0 aromatic heterocycles. The molecule has 0 saturated heterocycles. The van der Waals surface area contributed by atoms with E-state index in [1.165, 1.54) is 10.8 Å². The molecule has 19 heavy (non-hydrogen) atoms. The van der Waals surface area contributed by atoms with Gasteiger partial charge in [0, 0.05) is 5.02 Å². The van der Waals surface area contributed by atoms with Gasteiger partial charge in [-0.2, -0.15) is 0 Å². The predicted molar refractivity (Wildman–Crippen MR) is 89.3 cm³/mol. The zero-order valence-electron chi connectivity index (χ0n) is 12.9. The van der Waals surface area contributed by atoms with Crippen molar-refractivity contribution < 1.29 is 4.12 Å². The van der Waals surface area contributed by atoms with E-state index in [4.69, 9.17) is 15.7 Å². The van der Waals surface area contributed by atoms with Crippen molar-refractivity contribution in [2.75, 3.05) is 0 Å². The number of hydrogen-bond acceptors (Lipinski definition) is 1. The highest BCUT2D eigenvalue weighted by Gasteiger charge is 2.50. The van der Waals surface area contributed by atoms with Crippen LogP contribution < -0.4 is 5.19 Å². The van der Waals surface area contributed by atoms with Crippen LogP contribution in [-0.4, -0.2) is 16.6 Å². The zero-order chi connectivity index (χ0) is 14.4. The van der Waals surface area contributed by atoms with Crippen molar-refractivity contribution in [2.45, 2.75) is 57.9 Å². The SMILES string of the molecule is CC(C)[Si]1(C(C)C)Cc2ccc(Cl)cc2[Si](C)(C)O1. The van der Waals surface area contributed by atoms with Crippen LogP contribution in [-0.2, 0) is 10.2 Å². The molecule has 2 rings (SSSR count). The van der Waals surface area contributed by atoms with E-state index in [2.05, 4.69) is 52.9 Å². The Morgan fingerprint density at radius 3 is 2.21 bits per heavy atom. The van der Waals surface area contributed by atoms with Crippen LogP contribution in [0.3, 0.4) is 0 Å². The van der Waals surface area contributed by atoms with Gasteiger partial charge in [0.25, 0.3) is 0 Å². The summed E-state index contributed by atoms with van der Waals surface area (Å²) in [5.74, 6) is 0. The van der Waals surface area contributed by atoms with Crippen molar-refractivity contribution >= 4 is 33.4 Å². The summed E-state index contributed by atoms with van der Waals surface area (Å²) in [6.07, 6.45) is 0. The highest BCUT2D eigenvalue weighted by molar-refractivity contribution is 6.95. The molecule has 106 valence electrons. The van der Waals surface area contributed by atoms with Crippen LogP contribution in [0, 0.1) is 0 Å². The van der Waals surface area contributed by atoms with E-state index in [0.717, 1.165) is 11.1 Å². The highest BCUT2D eigenvalue weighted by atomic mass is 35.5. The monoisotopic (exact) mass is 312 g/mol. The summed E-state index contributed by atoms with van der Waals surface area (Å²) >= 11 is 6.18. The molecule has 0 saturated carbocycles. The van der Waals surface area contributed by atoms with Crippen LogP contribution in [0.5, 0.6) is 0 Å². The molecule has 0 aliphatic carbocycles. The first-order valence-corrected chi connectivity index (χ1v) is 12.7. The summed E-state index contributed by atoms with van der Waals surface area (Å²) in [5, 5.41) is 2.25. The minimum absolute atomic E-state index is 0.656. The van der Waals surface area contributed by atoms with Gasteiger partial charge in [0.1, 0.15) is 0 Å². The van der Waals surface area contributed by atoms with Gasteiger partial charge in [-0.05, 0) is 53.1 Å². The first kappa shape index (κ1) is 15.3. The Hall–Kier alpha value is -0.0962. The summed E-state index contributed by atoms with van der Waals surface area (Å²) in [6.45, 7) is 14.0. The van der Waals surface area contributed by atoms with E-state index < -0.39 is 16.6 Å². The fourth-order valence-corrected chi connectivity index (χ4v) is 14.8. The van der Waals surface area contributed by atoms with Crippen molar-refractivity contribution in [2.24, 2.45) is 0 Å². The number of fused-ring (bicyclic) bond motifs is 1. The number of benzene rings is 1. The smallest absolute Gasteiger partial charge is 0.206 e. The van der Waals surface area contributed by atoms with Crippen LogP contribution in [0.1, 0.15) is 33.3 Å². The van der Waals surface area contributed by atoms with E-state index in [0.29, 0.717) is 11.1 Å². The van der Waals surface area contributed by atoms with Crippen LogP contribution in [0.15, 0.2) is 18.2 Å². The van der Waals surface area contributed by atoms with E-state index in [1.54, 1.807) is 0 Å². The summed E-state index contributed by atoms with van der Waals surface area (Å²) in [6, 6.07) is 7.56. The molecule has 1 aliphatic heterocycles. The van der Waals surface area contributed by atoms with Gasteiger partial charge >= 0.3 is 0 Å². The maximum absolute atomic E-state index is 6.88. The van der Waals surface area contributed by atoms with Crippen molar-refractivity contribution in [3.05, 3.63) is 28.8 Å². The first-order chi connectivity index (χ1) is 8.69. The van der Waals surface area contributed by atoms with Crippen molar-refractivity contribution in [1.82, 2.24) is 0 Å². The summed E-state index contributed by atoms with van der Waals surface area (Å²) in [4.78, 5) is 0. The maximum atomic E-state index is 6.88. The van der Waals surface area contributed by atoms with E-state index in [-0.39, 0.29) is 0 Å². The van der Waals surface area contributed by atoms with Crippen molar-refractivity contribution in [3.8, 4) is 0 Å². The molecule has 1 aromatic rings. The van der Waals surface area contributed by atoms with Crippen molar-refractivity contribution in [1.29, 1.82) is 0 Å². The molecule has 0 amide bonds. The van der Waals surface area contributed by atoms with Gasteiger partial charge in [-0.15, -0.1) is 0 Å². The molecule has 0 spiro atoms. The molecular weight excluding hydrogens is 288 g/mol. The van der Waals surface area contributed by atoms with E-state index in [1.807, 2.05) is 6.07 Å². The Morgan fingerprint density at radius 1 is 1.11 bits per heavy atom.